The minimum atomic E-state index is -0.108. The molecule has 0 aliphatic carbocycles. The molecule has 0 aliphatic heterocycles. The van der Waals surface area contributed by atoms with E-state index in [0.717, 1.165) is 5.56 Å². The van der Waals surface area contributed by atoms with Crippen molar-refractivity contribution in [3.63, 3.8) is 0 Å². The Morgan fingerprint density at radius 3 is 2.69 bits per heavy atom. The van der Waals surface area contributed by atoms with Gasteiger partial charge in [0, 0.05) is 13.0 Å². The minimum Gasteiger partial charge on any atom is -0.323 e. The lowest BCUT2D eigenvalue weighted by atomic mass is 10.2. The number of carbonyl (C=O) groups excluding carboxylic acids is 1. The third kappa shape index (κ3) is 3.37. The van der Waals surface area contributed by atoms with Crippen LogP contribution in [0.1, 0.15) is 12.0 Å². The molecule has 0 bridgehead atoms. The Labute approximate surface area is 105 Å². The summed E-state index contributed by atoms with van der Waals surface area (Å²) in [6.07, 6.45) is 0.386. The lowest BCUT2D eigenvalue weighted by Crippen LogP contribution is -2.19. The van der Waals surface area contributed by atoms with Crippen LogP contribution < -0.4 is 10.6 Å². The fraction of sp³-hybridized carbons (Fsp3) is 0.364. The zero-order valence-corrected chi connectivity index (χ0v) is 10.7. The second-order valence-corrected chi connectivity index (χ2v) is 4.24. The van der Waals surface area contributed by atoms with Crippen molar-refractivity contribution in [3.8, 4) is 0 Å². The van der Waals surface area contributed by atoms with Gasteiger partial charge in [-0.05, 0) is 25.6 Å². The SMILES string of the molecule is CNCCC(=O)Nc1c(Cl)ccc(C)c1Cl. The molecule has 88 valence electrons. The third-order valence-corrected chi connectivity index (χ3v) is 2.95. The molecule has 0 atom stereocenters. The Kier molecular flexibility index (Phi) is 5.06. The smallest absolute Gasteiger partial charge is 0.225 e. The highest BCUT2D eigenvalue weighted by Gasteiger charge is 2.11. The summed E-state index contributed by atoms with van der Waals surface area (Å²) in [6, 6.07) is 3.53. The number of halogens is 2. The van der Waals surface area contributed by atoms with E-state index in [0.29, 0.717) is 28.7 Å². The quantitative estimate of drug-likeness (QED) is 0.875. The van der Waals surface area contributed by atoms with E-state index in [9.17, 15) is 4.79 Å². The Morgan fingerprint density at radius 2 is 2.06 bits per heavy atom. The van der Waals surface area contributed by atoms with Gasteiger partial charge in [0.25, 0.3) is 0 Å². The van der Waals surface area contributed by atoms with Crippen LogP contribution in [0.5, 0.6) is 0 Å². The molecule has 0 radical (unpaired) electrons. The van der Waals surface area contributed by atoms with Crippen LogP contribution in [0.25, 0.3) is 0 Å². The van der Waals surface area contributed by atoms with Crippen LogP contribution in [0.15, 0.2) is 12.1 Å². The van der Waals surface area contributed by atoms with E-state index in [1.165, 1.54) is 0 Å². The summed E-state index contributed by atoms with van der Waals surface area (Å²) in [5.41, 5.74) is 1.37. The summed E-state index contributed by atoms with van der Waals surface area (Å²) in [7, 11) is 1.79. The predicted octanol–water partition coefficient (Wildman–Crippen LogP) is 2.85. The first-order valence-electron chi connectivity index (χ1n) is 4.95. The van der Waals surface area contributed by atoms with Crippen molar-refractivity contribution < 1.29 is 4.79 Å². The van der Waals surface area contributed by atoms with Crippen molar-refractivity contribution in [3.05, 3.63) is 27.7 Å². The number of rotatable bonds is 4. The molecule has 0 saturated heterocycles. The van der Waals surface area contributed by atoms with Crippen LogP contribution >= 0.6 is 23.2 Å². The minimum absolute atomic E-state index is 0.108. The van der Waals surface area contributed by atoms with Crippen LogP contribution in [0, 0.1) is 6.92 Å². The monoisotopic (exact) mass is 260 g/mol. The molecule has 0 heterocycles. The van der Waals surface area contributed by atoms with E-state index in [1.807, 2.05) is 13.0 Å². The summed E-state index contributed by atoms with van der Waals surface area (Å²) in [6.45, 7) is 2.48. The van der Waals surface area contributed by atoms with Crippen LogP contribution in [0.4, 0.5) is 5.69 Å². The topological polar surface area (TPSA) is 41.1 Å². The zero-order chi connectivity index (χ0) is 12.1. The first-order valence-corrected chi connectivity index (χ1v) is 5.71. The number of nitrogens with one attached hydrogen (secondary N) is 2. The maximum Gasteiger partial charge on any atom is 0.225 e. The Balaban J connectivity index is 2.80. The molecule has 5 heteroatoms. The number of amides is 1. The summed E-state index contributed by atoms with van der Waals surface area (Å²) >= 11 is 12.0. The van der Waals surface area contributed by atoms with E-state index in [4.69, 9.17) is 23.2 Å². The second-order valence-electron chi connectivity index (χ2n) is 3.45. The number of hydrogen-bond acceptors (Lipinski definition) is 2. The molecule has 0 fully saturated rings. The average molecular weight is 261 g/mol. The third-order valence-electron chi connectivity index (χ3n) is 2.15. The molecule has 1 aromatic rings. The number of hydrogen-bond donors (Lipinski definition) is 2. The standard InChI is InChI=1S/C11H14Cl2N2O/c1-7-3-4-8(12)11(10(7)13)15-9(16)5-6-14-2/h3-4,14H,5-6H2,1-2H3,(H,15,16). The molecular weight excluding hydrogens is 247 g/mol. The van der Waals surface area contributed by atoms with Crippen molar-refractivity contribution >= 4 is 34.8 Å². The largest absolute Gasteiger partial charge is 0.323 e. The Morgan fingerprint density at radius 1 is 1.38 bits per heavy atom. The average Bonchev–Trinajstić information content (AvgIpc) is 2.27. The lowest BCUT2D eigenvalue weighted by molar-refractivity contribution is -0.116. The first kappa shape index (κ1) is 13.3. The van der Waals surface area contributed by atoms with Crippen LogP contribution in [0.2, 0.25) is 10.0 Å². The Hall–Kier alpha value is -0.770. The zero-order valence-electron chi connectivity index (χ0n) is 9.23. The molecule has 2 N–H and O–H groups in total. The van der Waals surface area contributed by atoms with Gasteiger partial charge < -0.3 is 10.6 Å². The number of anilines is 1. The summed E-state index contributed by atoms with van der Waals surface area (Å²) in [5.74, 6) is -0.108. The van der Waals surface area contributed by atoms with E-state index in [-0.39, 0.29) is 5.91 Å². The van der Waals surface area contributed by atoms with Crippen molar-refractivity contribution in [1.82, 2.24) is 5.32 Å². The summed E-state index contributed by atoms with van der Waals surface area (Å²) < 4.78 is 0. The van der Waals surface area contributed by atoms with E-state index < -0.39 is 0 Å². The van der Waals surface area contributed by atoms with Crippen LogP contribution in [-0.4, -0.2) is 19.5 Å². The van der Waals surface area contributed by atoms with Gasteiger partial charge >= 0.3 is 0 Å². The maximum absolute atomic E-state index is 11.5. The lowest BCUT2D eigenvalue weighted by Gasteiger charge is -2.10. The molecular formula is C11H14Cl2N2O. The van der Waals surface area contributed by atoms with Crippen molar-refractivity contribution in [2.45, 2.75) is 13.3 Å². The van der Waals surface area contributed by atoms with Gasteiger partial charge in [0.1, 0.15) is 0 Å². The summed E-state index contributed by atoms with van der Waals surface area (Å²) in [5, 5.41) is 6.55. The number of aryl methyl sites for hydroxylation is 1. The molecule has 0 aliphatic rings. The van der Waals surface area contributed by atoms with E-state index in [1.54, 1.807) is 13.1 Å². The molecule has 0 saturated carbocycles. The van der Waals surface area contributed by atoms with Crippen molar-refractivity contribution in [2.24, 2.45) is 0 Å². The number of benzene rings is 1. The van der Waals surface area contributed by atoms with Gasteiger partial charge in [0.2, 0.25) is 5.91 Å². The van der Waals surface area contributed by atoms with E-state index in [2.05, 4.69) is 10.6 Å². The molecule has 0 spiro atoms. The van der Waals surface area contributed by atoms with Gasteiger partial charge in [-0.3, -0.25) is 4.79 Å². The predicted molar refractivity (Wildman–Crippen MR) is 68.4 cm³/mol. The van der Waals surface area contributed by atoms with Gasteiger partial charge in [-0.25, -0.2) is 0 Å². The number of carbonyl (C=O) groups is 1. The van der Waals surface area contributed by atoms with Gasteiger partial charge in [-0.2, -0.15) is 0 Å². The van der Waals surface area contributed by atoms with Crippen molar-refractivity contribution in [2.75, 3.05) is 18.9 Å². The highest BCUT2D eigenvalue weighted by molar-refractivity contribution is 6.40. The van der Waals surface area contributed by atoms with Crippen LogP contribution in [-0.2, 0) is 4.79 Å². The van der Waals surface area contributed by atoms with Gasteiger partial charge in [-0.1, -0.05) is 29.3 Å². The van der Waals surface area contributed by atoms with Gasteiger partial charge in [0.15, 0.2) is 0 Å². The molecule has 3 nitrogen and oxygen atoms in total. The normalized spacial score (nSPS) is 10.2. The fourth-order valence-corrected chi connectivity index (χ4v) is 1.68. The maximum atomic E-state index is 11.5. The van der Waals surface area contributed by atoms with Crippen molar-refractivity contribution in [1.29, 1.82) is 0 Å². The molecule has 1 aromatic carbocycles. The summed E-state index contributed by atoms with van der Waals surface area (Å²) in [4.78, 5) is 11.5. The molecule has 16 heavy (non-hydrogen) atoms. The first-order chi connectivity index (χ1) is 7.56. The molecule has 1 rings (SSSR count). The highest BCUT2D eigenvalue weighted by Crippen LogP contribution is 2.32. The van der Waals surface area contributed by atoms with Gasteiger partial charge in [-0.15, -0.1) is 0 Å². The molecule has 1 amide bonds. The molecule has 0 aromatic heterocycles. The van der Waals surface area contributed by atoms with Gasteiger partial charge in [0.05, 0.1) is 15.7 Å². The second kappa shape index (κ2) is 6.09. The fourth-order valence-electron chi connectivity index (χ4n) is 1.21. The highest BCUT2D eigenvalue weighted by atomic mass is 35.5. The Bertz CT molecular complexity index is 394. The van der Waals surface area contributed by atoms with Crippen LogP contribution in [0.3, 0.4) is 0 Å². The van der Waals surface area contributed by atoms with E-state index >= 15 is 0 Å². The molecule has 0 unspecified atom stereocenters.